The lowest BCUT2D eigenvalue weighted by Crippen LogP contribution is -2.05. The molecule has 3 aromatic rings. The van der Waals surface area contributed by atoms with Crippen LogP contribution in [0.3, 0.4) is 0 Å². The molecule has 0 saturated carbocycles. The Morgan fingerprint density at radius 2 is 0.800 bits per heavy atom. The molecule has 3 aromatic carbocycles. The molecule has 10 nitrogen and oxygen atoms in total. The molecule has 266 valence electrons. The maximum Gasteiger partial charge on any atom is 0.128 e. The second-order valence-corrected chi connectivity index (χ2v) is 12.5. The molecule has 0 saturated heterocycles. The van der Waals surface area contributed by atoms with Crippen LogP contribution < -0.4 is 9.47 Å². The highest BCUT2D eigenvalue weighted by Crippen LogP contribution is 2.30. The minimum atomic E-state index is 0.536. The Morgan fingerprint density at radius 1 is 0.480 bits per heavy atom. The molecule has 50 heavy (non-hydrogen) atoms. The molecule has 0 N–H and O–H groups in total. The van der Waals surface area contributed by atoms with Gasteiger partial charge in [-0.15, -0.1) is 0 Å². The Labute approximate surface area is 298 Å². The van der Waals surface area contributed by atoms with Gasteiger partial charge in [-0.3, -0.25) is 9.98 Å². The summed E-state index contributed by atoms with van der Waals surface area (Å²) in [5, 5.41) is 7.30. The van der Waals surface area contributed by atoms with E-state index in [1.165, 1.54) is 77.0 Å². The summed E-state index contributed by atoms with van der Waals surface area (Å²) in [5.41, 5.74) is 21.6. The Morgan fingerprint density at radius 3 is 1.14 bits per heavy atom. The quantitative estimate of drug-likeness (QED) is 0.0274. The van der Waals surface area contributed by atoms with Gasteiger partial charge in [0.15, 0.2) is 0 Å². The highest BCUT2D eigenvalue weighted by Gasteiger charge is 2.12. The third-order valence-electron chi connectivity index (χ3n) is 8.38. The average molecular weight is 679 g/mol. The monoisotopic (exact) mass is 678 g/mol. The maximum atomic E-state index is 8.74. The number of hydrogen-bond donors (Lipinski definition) is 0. The van der Waals surface area contributed by atoms with Gasteiger partial charge in [-0.2, -0.15) is 0 Å². The highest BCUT2D eigenvalue weighted by atomic mass is 16.5. The van der Waals surface area contributed by atoms with Crippen molar-refractivity contribution in [3.63, 3.8) is 0 Å². The number of nitrogens with zero attached hydrogens (tertiary/aromatic N) is 8. The van der Waals surface area contributed by atoms with Crippen molar-refractivity contribution in [2.75, 3.05) is 13.2 Å². The van der Waals surface area contributed by atoms with Gasteiger partial charge in [0.25, 0.3) is 0 Å². The Hall–Kier alpha value is -4.78. The first-order chi connectivity index (χ1) is 24.7. The molecule has 0 fully saturated rings. The van der Waals surface area contributed by atoms with Crippen molar-refractivity contribution in [3.05, 3.63) is 92.7 Å². The minimum Gasteiger partial charge on any atom is -0.493 e. The molecular weight excluding hydrogens is 624 g/mol. The third-order valence-corrected chi connectivity index (χ3v) is 8.38. The molecule has 0 aliphatic carbocycles. The number of unbranched alkanes of at least 4 members (excludes halogenated alkanes) is 14. The van der Waals surface area contributed by atoms with Gasteiger partial charge in [0.2, 0.25) is 0 Å². The lowest BCUT2D eigenvalue weighted by molar-refractivity contribution is 0.295. The van der Waals surface area contributed by atoms with Gasteiger partial charge in [0, 0.05) is 44.8 Å². The fourth-order valence-electron chi connectivity index (χ4n) is 5.48. The van der Waals surface area contributed by atoms with Crippen molar-refractivity contribution in [1.29, 1.82) is 0 Å². The summed E-state index contributed by atoms with van der Waals surface area (Å²) < 4.78 is 12.8. The van der Waals surface area contributed by atoms with Crippen LogP contribution in [0.25, 0.3) is 20.9 Å². The molecule has 3 rings (SSSR count). The van der Waals surface area contributed by atoms with E-state index in [4.69, 9.17) is 30.5 Å². The summed E-state index contributed by atoms with van der Waals surface area (Å²) in [6.45, 7) is 5.70. The molecule has 0 heterocycles. The SMILES string of the molecule is CCCCCCCCCCOc1cc(C=Nc2ccc(N=[N+]=[N-])cc2)c(OCCCCCCCCCC)cc1C=Nc1ccc(N=[N+]=[N-])cc1. The van der Waals surface area contributed by atoms with E-state index in [2.05, 4.69) is 33.9 Å². The van der Waals surface area contributed by atoms with Crippen LogP contribution in [0.5, 0.6) is 11.5 Å². The van der Waals surface area contributed by atoms with Crippen molar-refractivity contribution in [2.24, 2.45) is 20.2 Å². The zero-order valence-corrected chi connectivity index (χ0v) is 30.1. The summed E-state index contributed by atoms with van der Waals surface area (Å²) in [7, 11) is 0. The lowest BCUT2D eigenvalue weighted by Gasteiger charge is -2.15. The Balaban J connectivity index is 1.81. The number of hydrogen-bond acceptors (Lipinski definition) is 6. The lowest BCUT2D eigenvalue weighted by atomic mass is 10.1. The molecule has 0 atom stereocenters. The number of azide groups is 2. The second-order valence-electron chi connectivity index (χ2n) is 12.5. The van der Waals surface area contributed by atoms with Crippen molar-refractivity contribution in [1.82, 2.24) is 0 Å². The van der Waals surface area contributed by atoms with E-state index in [0.29, 0.717) is 36.1 Å². The van der Waals surface area contributed by atoms with E-state index in [9.17, 15) is 0 Å². The van der Waals surface area contributed by atoms with Gasteiger partial charge >= 0.3 is 0 Å². The first-order valence-corrected chi connectivity index (χ1v) is 18.5. The second kappa shape index (κ2) is 25.2. The topological polar surface area (TPSA) is 141 Å². The van der Waals surface area contributed by atoms with Gasteiger partial charge in [-0.1, -0.05) is 138 Å². The summed E-state index contributed by atoms with van der Waals surface area (Å²) in [6.07, 6.45) is 23.2. The predicted molar refractivity (Wildman–Crippen MR) is 208 cm³/mol. The Kier molecular flexibility index (Phi) is 20.0. The third kappa shape index (κ3) is 16.1. The zero-order valence-electron chi connectivity index (χ0n) is 30.1. The van der Waals surface area contributed by atoms with Crippen molar-refractivity contribution < 1.29 is 9.47 Å². The number of ether oxygens (including phenoxy) is 2. The zero-order chi connectivity index (χ0) is 35.5. The van der Waals surface area contributed by atoms with Crippen LogP contribution >= 0.6 is 0 Å². The molecule has 0 radical (unpaired) electrons. The molecule has 0 spiro atoms. The molecule has 0 aliphatic heterocycles. The molecule has 0 aromatic heterocycles. The number of aliphatic imine (C=N–C) groups is 2. The fraction of sp³-hybridized carbons (Fsp3) is 0.500. The average Bonchev–Trinajstić information content (AvgIpc) is 3.13. The highest BCUT2D eigenvalue weighted by molar-refractivity contribution is 5.92. The van der Waals surface area contributed by atoms with Crippen LogP contribution in [0.2, 0.25) is 0 Å². The summed E-state index contributed by atoms with van der Waals surface area (Å²) in [5.74, 6) is 1.42. The molecule has 0 bridgehead atoms. The van der Waals surface area contributed by atoms with E-state index < -0.39 is 0 Å². The predicted octanol–water partition coefficient (Wildman–Crippen LogP) is 14.1. The van der Waals surface area contributed by atoms with Crippen LogP contribution in [0, 0.1) is 0 Å². The van der Waals surface area contributed by atoms with Gasteiger partial charge in [0.05, 0.1) is 24.6 Å². The first-order valence-electron chi connectivity index (χ1n) is 18.5. The standard InChI is InChI=1S/C40H54N8O2/c1-3-5-7-9-11-13-15-17-27-49-39-29-34(32-44-36-21-25-38(26-22-36)46-48-42)40(50-28-18-16-14-12-10-8-6-4-2)30-33(39)31-43-35-19-23-37(24-20-35)45-47-41/h19-26,29-32H,3-18,27-28H2,1-2H3. The van der Waals surface area contributed by atoms with Crippen LogP contribution in [-0.4, -0.2) is 25.6 Å². The van der Waals surface area contributed by atoms with Crippen molar-refractivity contribution in [3.8, 4) is 11.5 Å². The van der Waals surface area contributed by atoms with Crippen LogP contribution in [0.15, 0.2) is 80.9 Å². The van der Waals surface area contributed by atoms with Crippen LogP contribution in [0.4, 0.5) is 22.7 Å². The van der Waals surface area contributed by atoms with E-state index in [-0.39, 0.29) is 0 Å². The van der Waals surface area contributed by atoms with Crippen LogP contribution in [-0.2, 0) is 0 Å². The van der Waals surface area contributed by atoms with E-state index in [0.717, 1.165) is 48.2 Å². The van der Waals surface area contributed by atoms with Gasteiger partial charge in [0.1, 0.15) is 11.5 Å². The first kappa shape index (κ1) is 39.7. The molecule has 0 amide bonds. The van der Waals surface area contributed by atoms with Gasteiger partial charge < -0.3 is 9.47 Å². The maximum absolute atomic E-state index is 8.74. The number of rotatable bonds is 26. The fourth-order valence-corrected chi connectivity index (χ4v) is 5.48. The van der Waals surface area contributed by atoms with E-state index in [1.54, 1.807) is 36.7 Å². The Bertz CT molecular complexity index is 1420. The van der Waals surface area contributed by atoms with Gasteiger partial charge in [-0.05, 0) is 60.3 Å². The van der Waals surface area contributed by atoms with Crippen LogP contribution in [0.1, 0.15) is 128 Å². The normalized spacial score (nSPS) is 11.1. The molecule has 10 heteroatoms. The van der Waals surface area contributed by atoms with E-state index in [1.807, 2.05) is 36.4 Å². The molecular formula is C40H54N8O2. The minimum absolute atomic E-state index is 0.536. The van der Waals surface area contributed by atoms with Crippen molar-refractivity contribution in [2.45, 2.75) is 117 Å². The number of benzene rings is 3. The molecule has 0 aliphatic rings. The summed E-state index contributed by atoms with van der Waals surface area (Å²) >= 11 is 0. The summed E-state index contributed by atoms with van der Waals surface area (Å²) in [4.78, 5) is 15.1. The molecule has 0 unspecified atom stereocenters. The van der Waals surface area contributed by atoms with Gasteiger partial charge in [-0.25, -0.2) is 0 Å². The largest absolute Gasteiger partial charge is 0.493 e. The summed E-state index contributed by atoms with van der Waals surface area (Å²) in [6, 6.07) is 18.2. The van der Waals surface area contributed by atoms with E-state index >= 15 is 0 Å². The smallest absolute Gasteiger partial charge is 0.128 e. The van der Waals surface area contributed by atoms with Crippen molar-refractivity contribution >= 4 is 35.2 Å².